The molecule has 7 heteroatoms. The van der Waals surface area contributed by atoms with E-state index in [1.54, 1.807) is 14.2 Å². The zero-order valence-electron chi connectivity index (χ0n) is 14.1. The number of ether oxygens (including phenoxy) is 2. The van der Waals surface area contributed by atoms with E-state index in [9.17, 15) is 9.18 Å². The molecule has 0 aromatic heterocycles. The molecule has 0 aliphatic carbocycles. The largest absolute Gasteiger partial charge is 0.493 e. The highest BCUT2D eigenvalue weighted by Crippen LogP contribution is 2.27. The van der Waals surface area contributed by atoms with Crippen LogP contribution < -0.4 is 20.1 Å². The van der Waals surface area contributed by atoms with Crippen LogP contribution in [0, 0.1) is 5.82 Å². The Kier molecular flexibility index (Phi) is 6.89. The number of carbonyl (C=O) groups excluding carboxylic acids is 1. The fraction of sp³-hybridized carbons (Fsp3) is 0.278. The molecule has 0 radical (unpaired) electrons. The summed E-state index contributed by atoms with van der Waals surface area (Å²) in [6.45, 7) is 0.532. The molecule has 0 heterocycles. The van der Waals surface area contributed by atoms with Gasteiger partial charge in [-0.2, -0.15) is 0 Å². The highest BCUT2D eigenvalue weighted by molar-refractivity contribution is 6.33. The van der Waals surface area contributed by atoms with Gasteiger partial charge >= 0.3 is 0 Å². The third kappa shape index (κ3) is 5.53. The highest BCUT2D eigenvalue weighted by atomic mass is 35.5. The molecule has 1 amide bonds. The van der Waals surface area contributed by atoms with Gasteiger partial charge in [-0.3, -0.25) is 4.79 Å². The van der Waals surface area contributed by atoms with E-state index in [0.29, 0.717) is 30.2 Å². The summed E-state index contributed by atoms with van der Waals surface area (Å²) in [5.74, 6) is 0.713. The second-order valence-corrected chi connectivity index (χ2v) is 5.67. The van der Waals surface area contributed by atoms with Crippen molar-refractivity contribution in [2.45, 2.75) is 6.42 Å². The van der Waals surface area contributed by atoms with Crippen molar-refractivity contribution in [3.8, 4) is 11.5 Å². The molecule has 25 heavy (non-hydrogen) atoms. The molecule has 0 saturated carbocycles. The third-order valence-electron chi connectivity index (χ3n) is 3.55. The van der Waals surface area contributed by atoms with Crippen molar-refractivity contribution in [3.63, 3.8) is 0 Å². The van der Waals surface area contributed by atoms with Crippen LogP contribution >= 0.6 is 11.6 Å². The molecule has 0 aliphatic heterocycles. The maximum absolute atomic E-state index is 13.0. The van der Waals surface area contributed by atoms with Crippen molar-refractivity contribution in [2.75, 3.05) is 32.6 Å². The molecule has 2 N–H and O–H groups in total. The molecule has 0 saturated heterocycles. The zero-order valence-corrected chi connectivity index (χ0v) is 14.8. The van der Waals surface area contributed by atoms with Gasteiger partial charge in [0.05, 0.1) is 31.5 Å². The Morgan fingerprint density at radius 1 is 1.12 bits per heavy atom. The Balaban J connectivity index is 1.78. The van der Waals surface area contributed by atoms with Crippen LogP contribution in [0.2, 0.25) is 5.02 Å². The topological polar surface area (TPSA) is 59.6 Å². The molecule has 134 valence electrons. The fourth-order valence-electron chi connectivity index (χ4n) is 2.25. The van der Waals surface area contributed by atoms with E-state index < -0.39 is 5.82 Å². The number of rotatable bonds is 8. The molecule has 0 aliphatic rings. The molecule has 2 rings (SSSR count). The lowest BCUT2D eigenvalue weighted by molar-refractivity contribution is -0.119. The number of benzene rings is 2. The molecular weight excluding hydrogens is 347 g/mol. The summed E-state index contributed by atoms with van der Waals surface area (Å²) < 4.78 is 23.4. The first-order valence-electron chi connectivity index (χ1n) is 7.70. The molecular formula is C18H20ClFN2O3. The van der Waals surface area contributed by atoms with Crippen molar-refractivity contribution in [1.82, 2.24) is 5.32 Å². The summed E-state index contributed by atoms with van der Waals surface area (Å²) in [6, 6.07) is 9.59. The van der Waals surface area contributed by atoms with Crippen LogP contribution in [0.25, 0.3) is 0 Å². The van der Waals surface area contributed by atoms with Gasteiger partial charge in [-0.25, -0.2) is 4.39 Å². The lowest BCUT2D eigenvalue weighted by Gasteiger charge is -2.11. The molecule has 2 aromatic rings. The quantitative estimate of drug-likeness (QED) is 0.752. The van der Waals surface area contributed by atoms with E-state index in [1.165, 1.54) is 18.2 Å². The van der Waals surface area contributed by atoms with Crippen LogP contribution in [0.15, 0.2) is 36.4 Å². The minimum atomic E-state index is -0.421. The number of nitrogens with one attached hydrogen (secondary N) is 2. The van der Waals surface area contributed by atoms with Crippen LogP contribution in [0.3, 0.4) is 0 Å². The molecule has 0 fully saturated rings. The smallest absolute Gasteiger partial charge is 0.239 e. The Bertz CT molecular complexity index is 740. The van der Waals surface area contributed by atoms with E-state index in [0.717, 1.165) is 5.56 Å². The monoisotopic (exact) mass is 366 g/mol. The van der Waals surface area contributed by atoms with E-state index in [4.69, 9.17) is 21.1 Å². The maximum atomic E-state index is 13.0. The summed E-state index contributed by atoms with van der Waals surface area (Å²) in [6.07, 6.45) is 0.656. The first kappa shape index (κ1) is 18.9. The van der Waals surface area contributed by atoms with Crippen molar-refractivity contribution in [3.05, 3.63) is 52.8 Å². The predicted molar refractivity (Wildman–Crippen MR) is 96.2 cm³/mol. The third-order valence-corrected chi connectivity index (χ3v) is 3.87. The van der Waals surface area contributed by atoms with Crippen molar-refractivity contribution in [1.29, 1.82) is 0 Å². The molecule has 0 atom stereocenters. The Morgan fingerprint density at radius 2 is 1.88 bits per heavy atom. The summed E-state index contributed by atoms with van der Waals surface area (Å²) in [7, 11) is 3.16. The van der Waals surface area contributed by atoms with Gasteiger partial charge in [0.25, 0.3) is 0 Å². The van der Waals surface area contributed by atoms with E-state index >= 15 is 0 Å². The van der Waals surface area contributed by atoms with Gasteiger partial charge in [-0.15, -0.1) is 0 Å². The number of amides is 1. The average Bonchev–Trinajstić information content (AvgIpc) is 2.60. The van der Waals surface area contributed by atoms with Crippen molar-refractivity contribution in [2.24, 2.45) is 0 Å². The molecule has 0 unspecified atom stereocenters. The zero-order chi connectivity index (χ0) is 18.2. The van der Waals surface area contributed by atoms with Crippen LogP contribution in [0.1, 0.15) is 5.56 Å². The summed E-state index contributed by atoms with van der Waals surface area (Å²) >= 11 is 5.89. The lowest BCUT2D eigenvalue weighted by Crippen LogP contribution is -2.31. The number of hydrogen-bond acceptors (Lipinski definition) is 4. The number of halogens is 2. The maximum Gasteiger partial charge on any atom is 0.239 e. The van der Waals surface area contributed by atoms with Crippen molar-refractivity contribution >= 4 is 23.2 Å². The molecule has 0 bridgehead atoms. The number of hydrogen-bond donors (Lipinski definition) is 2. The van der Waals surface area contributed by atoms with Crippen LogP contribution in [-0.2, 0) is 11.2 Å². The lowest BCUT2D eigenvalue weighted by atomic mass is 10.1. The van der Waals surface area contributed by atoms with Gasteiger partial charge in [0.15, 0.2) is 11.5 Å². The number of carbonyl (C=O) groups is 1. The van der Waals surface area contributed by atoms with Crippen molar-refractivity contribution < 1.29 is 18.7 Å². The van der Waals surface area contributed by atoms with Crippen LogP contribution in [0.5, 0.6) is 11.5 Å². The average molecular weight is 367 g/mol. The molecule has 2 aromatic carbocycles. The van der Waals surface area contributed by atoms with E-state index in [-0.39, 0.29) is 17.5 Å². The van der Waals surface area contributed by atoms with Crippen LogP contribution in [0.4, 0.5) is 10.1 Å². The predicted octanol–water partition coefficient (Wildman–Crippen LogP) is 3.27. The van der Waals surface area contributed by atoms with Crippen LogP contribution in [-0.4, -0.2) is 33.2 Å². The first-order valence-corrected chi connectivity index (χ1v) is 8.08. The van der Waals surface area contributed by atoms with Gasteiger partial charge in [-0.05, 0) is 42.3 Å². The number of anilines is 1. The fourth-order valence-corrected chi connectivity index (χ4v) is 2.49. The SMILES string of the molecule is COc1ccc(CCNC(=O)CNc2ccc(F)cc2Cl)cc1OC. The first-order chi connectivity index (χ1) is 12.0. The molecule has 0 spiro atoms. The summed E-state index contributed by atoms with van der Waals surface area (Å²) in [5.41, 5.74) is 1.53. The standard InChI is InChI=1S/C18H20ClFN2O3/c1-24-16-6-3-12(9-17(16)25-2)7-8-21-18(23)11-22-15-5-4-13(20)10-14(15)19/h3-6,9-10,22H,7-8,11H2,1-2H3,(H,21,23). The Morgan fingerprint density at radius 3 is 2.56 bits per heavy atom. The van der Waals surface area contributed by atoms with Gasteiger partial charge in [0.2, 0.25) is 5.91 Å². The second kappa shape index (κ2) is 9.13. The van der Waals surface area contributed by atoms with Gasteiger partial charge < -0.3 is 20.1 Å². The minimum absolute atomic E-state index is 0.0529. The van der Waals surface area contributed by atoms with E-state index in [2.05, 4.69) is 10.6 Å². The summed E-state index contributed by atoms with van der Waals surface area (Å²) in [5, 5.41) is 5.92. The second-order valence-electron chi connectivity index (χ2n) is 5.27. The van der Waals surface area contributed by atoms with E-state index in [1.807, 2.05) is 18.2 Å². The van der Waals surface area contributed by atoms with Gasteiger partial charge in [0, 0.05) is 6.54 Å². The Labute approximate surface area is 151 Å². The normalized spacial score (nSPS) is 10.2. The number of methoxy groups -OCH3 is 2. The highest BCUT2D eigenvalue weighted by Gasteiger charge is 2.07. The molecule has 5 nitrogen and oxygen atoms in total. The Hall–Kier alpha value is -2.47. The summed E-state index contributed by atoms with van der Waals surface area (Å²) in [4.78, 5) is 11.9. The minimum Gasteiger partial charge on any atom is -0.493 e. The van der Waals surface area contributed by atoms with Gasteiger partial charge in [-0.1, -0.05) is 17.7 Å². The van der Waals surface area contributed by atoms with Gasteiger partial charge in [0.1, 0.15) is 5.82 Å².